The highest BCUT2D eigenvalue weighted by atomic mass is 28.2. The second-order valence-corrected chi connectivity index (χ2v) is 7.69. The molecule has 0 aliphatic heterocycles. The quantitative estimate of drug-likeness (QED) is 0.366. The maximum Gasteiger partial charge on any atom is 0.294 e. The van der Waals surface area contributed by atoms with Gasteiger partial charge in [0.15, 0.2) is 0 Å². The average molecular weight is 315 g/mol. The van der Waals surface area contributed by atoms with Crippen LogP contribution >= 0.6 is 0 Å². The van der Waals surface area contributed by atoms with Crippen molar-refractivity contribution in [3.05, 3.63) is 0 Å². The van der Waals surface area contributed by atoms with Crippen LogP contribution in [-0.4, -0.2) is 16.5 Å². The Morgan fingerprint density at radius 1 is 0.762 bits per heavy atom. The van der Waals surface area contributed by atoms with Crippen molar-refractivity contribution < 1.29 is 9.22 Å². The number of carbonyl (C=O) groups excluding carboxylic acids is 1. The Morgan fingerprint density at radius 2 is 1.14 bits per heavy atom. The second kappa shape index (κ2) is 13.4. The molecule has 0 aromatic heterocycles. The van der Waals surface area contributed by atoms with Crippen LogP contribution in [-0.2, 0) is 9.22 Å². The molecule has 2 nitrogen and oxygen atoms in total. The lowest BCUT2D eigenvalue weighted by molar-refractivity contribution is -0.139. The van der Waals surface area contributed by atoms with E-state index < -0.39 is 0 Å². The zero-order valence-corrected chi connectivity index (χ0v) is 17.1. The first kappa shape index (κ1) is 20.7. The molecule has 0 aromatic rings. The minimum absolute atomic E-state index is 0.0642. The van der Waals surface area contributed by atoms with Crippen LogP contribution in [0.1, 0.15) is 91.9 Å². The largest absolute Gasteiger partial charge is 0.529 e. The lowest BCUT2D eigenvalue weighted by atomic mass is 9.93. The summed E-state index contributed by atoms with van der Waals surface area (Å²) in [7, 11) is 0.537. The zero-order chi connectivity index (χ0) is 16.1. The Kier molecular flexibility index (Phi) is 13.2. The molecule has 0 aliphatic carbocycles. The van der Waals surface area contributed by atoms with Crippen molar-refractivity contribution in [1.82, 2.24) is 0 Å². The normalized spacial score (nSPS) is 11.8. The maximum atomic E-state index is 11.9. The molecule has 0 N–H and O–H groups in total. The molecule has 0 spiro atoms. The molecule has 0 unspecified atom stereocenters. The molecule has 0 atom stereocenters. The van der Waals surface area contributed by atoms with Gasteiger partial charge in [-0.05, 0) is 24.7 Å². The Bertz CT molecular complexity index is 234. The third kappa shape index (κ3) is 13.1. The SMILES string of the molecule is CC(C)CCCCCC(CCCCCC(C)C)C(=O)O[SiH3]. The highest BCUT2D eigenvalue weighted by molar-refractivity contribution is 6.05. The van der Waals surface area contributed by atoms with E-state index in [0.29, 0.717) is 10.5 Å². The summed E-state index contributed by atoms with van der Waals surface area (Å²) < 4.78 is 5.10. The van der Waals surface area contributed by atoms with Gasteiger partial charge in [0.2, 0.25) is 10.5 Å². The van der Waals surface area contributed by atoms with Crippen LogP contribution < -0.4 is 0 Å². The molecule has 21 heavy (non-hydrogen) atoms. The van der Waals surface area contributed by atoms with Crippen molar-refractivity contribution in [2.75, 3.05) is 0 Å². The topological polar surface area (TPSA) is 26.3 Å². The summed E-state index contributed by atoms with van der Waals surface area (Å²) in [6.45, 7) is 9.11. The lowest BCUT2D eigenvalue weighted by Crippen LogP contribution is -2.17. The Balaban J connectivity index is 3.80. The van der Waals surface area contributed by atoms with Crippen molar-refractivity contribution in [3.63, 3.8) is 0 Å². The highest BCUT2D eigenvalue weighted by Gasteiger charge is 2.17. The van der Waals surface area contributed by atoms with Gasteiger partial charge < -0.3 is 4.43 Å². The molecule has 0 radical (unpaired) electrons. The number of hydrogen-bond acceptors (Lipinski definition) is 2. The summed E-state index contributed by atoms with van der Waals surface area (Å²) in [5.74, 6) is 1.83. The lowest BCUT2D eigenvalue weighted by Gasteiger charge is -2.15. The average Bonchev–Trinajstić information content (AvgIpc) is 2.42. The second-order valence-electron chi connectivity index (χ2n) is 7.28. The number of hydrogen-bond donors (Lipinski definition) is 0. The van der Waals surface area contributed by atoms with E-state index >= 15 is 0 Å². The summed E-state index contributed by atoms with van der Waals surface area (Å²) in [6.07, 6.45) is 12.2. The van der Waals surface area contributed by atoms with Crippen molar-refractivity contribution in [2.45, 2.75) is 91.9 Å². The van der Waals surface area contributed by atoms with Crippen LogP contribution in [0.15, 0.2) is 0 Å². The molecule has 0 saturated heterocycles. The molecule has 0 fully saturated rings. The monoisotopic (exact) mass is 314 g/mol. The number of rotatable bonds is 13. The molecule has 0 heterocycles. The standard InChI is InChI=1S/C18H38O2Si/c1-15(2)11-7-5-9-13-17(18(19)20-21)14-10-6-8-12-16(3)4/h15-17H,5-14H2,1-4,21H3. The Labute approximate surface area is 136 Å². The van der Waals surface area contributed by atoms with Crippen molar-refractivity contribution >= 4 is 16.5 Å². The molecule has 3 heteroatoms. The van der Waals surface area contributed by atoms with E-state index in [-0.39, 0.29) is 11.9 Å². The summed E-state index contributed by atoms with van der Waals surface area (Å²) in [5.41, 5.74) is 0. The molecule has 0 bridgehead atoms. The molecule has 0 aliphatic rings. The summed E-state index contributed by atoms with van der Waals surface area (Å²) in [4.78, 5) is 11.9. The highest BCUT2D eigenvalue weighted by Crippen LogP contribution is 2.20. The van der Waals surface area contributed by atoms with Crippen LogP contribution in [0, 0.1) is 17.8 Å². The third-order valence-corrected chi connectivity index (χ3v) is 4.61. The van der Waals surface area contributed by atoms with E-state index in [1.165, 1.54) is 51.4 Å². The van der Waals surface area contributed by atoms with Crippen LogP contribution in [0.5, 0.6) is 0 Å². The van der Waals surface area contributed by atoms with Gasteiger partial charge in [0.05, 0.1) is 5.92 Å². The van der Waals surface area contributed by atoms with Gasteiger partial charge in [-0.2, -0.15) is 0 Å². The summed E-state index contributed by atoms with van der Waals surface area (Å²) in [6, 6.07) is 0. The van der Waals surface area contributed by atoms with Gasteiger partial charge in [0, 0.05) is 0 Å². The van der Waals surface area contributed by atoms with Gasteiger partial charge in [-0.25, -0.2) is 0 Å². The fourth-order valence-electron chi connectivity index (χ4n) is 2.79. The molecule has 126 valence electrons. The minimum Gasteiger partial charge on any atom is -0.529 e. The summed E-state index contributed by atoms with van der Waals surface area (Å²) in [5, 5.41) is 0. The van der Waals surface area contributed by atoms with Crippen LogP contribution in [0.3, 0.4) is 0 Å². The molecular weight excluding hydrogens is 276 g/mol. The number of carbonyl (C=O) groups is 1. The maximum absolute atomic E-state index is 11.9. The van der Waals surface area contributed by atoms with E-state index in [2.05, 4.69) is 27.7 Å². The fourth-order valence-corrected chi connectivity index (χ4v) is 3.12. The molecular formula is C18H38O2Si. The van der Waals surface area contributed by atoms with Crippen molar-refractivity contribution in [1.29, 1.82) is 0 Å². The van der Waals surface area contributed by atoms with E-state index in [1.807, 2.05) is 0 Å². The van der Waals surface area contributed by atoms with E-state index in [9.17, 15) is 4.79 Å². The Hall–Kier alpha value is -0.313. The van der Waals surface area contributed by atoms with Gasteiger partial charge in [0.25, 0.3) is 5.97 Å². The smallest absolute Gasteiger partial charge is 0.294 e. The number of unbranched alkanes of at least 4 members (excludes halogenated alkanes) is 4. The first-order valence-corrected chi connectivity index (χ1v) is 9.86. The van der Waals surface area contributed by atoms with Crippen LogP contribution in [0.2, 0.25) is 0 Å². The molecule has 0 rings (SSSR count). The zero-order valence-electron chi connectivity index (χ0n) is 15.1. The van der Waals surface area contributed by atoms with E-state index in [1.54, 1.807) is 0 Å². The van der Waals surface area contributed by atoms with Gasteiger partial charge >= 0.3 is 0 Å². The van der Waals surface area contributed by atoms with Crippen molar-refractivity contribution in [2.24, 2.45) is 17.8 Å². The van der Waals surface area contributed by atoms with Gasteiger partial charge in [0.1, 0.15) is 0 Å². The predicted molar refractivity (Wildman–Crippen MR) is 95.4 cm³/mol. The van der Waals surface area contributed by atoms with Gasteiger partial charge in [-0.1, -0.05) is 79.1 Å². The van der Waals surface area contributed by atoms with E-state index in [0.717, 1.165) is 24.7 Å². The first-order chi connectivity index (χ1) is 9.97. The minimum atomic E-state index is 0.0642. The predicted octanol–water partition coefficient (Wildman–Crippen LogP) is 4.64. The van der Waals surface area contributed by atoms with Gasteiger partial charge in [-0.3, -0.25) is 4.79 Å². The van der Waals surface area contributed by atoms with Crippen molar-refractivity contribution in [3.8, 4) is 0 Å². The Morgan fingerprint density at radius 3 is 1.48 bits per heavy atom. The molecule has 0 aromatic carbocycles. The van der Waals surface area contributed by atoms with Gasteiger partial charge in [-0.15, -0.1) is 0 Å². The fraction of sp³-hybridized carbons (Fsp3) is 0.944. The molecule has 0 saturated carbocycles. The first-order valence-electron chi connectivity index (χ1n) is 9.05. The summed E-state index contributed by atoms with van der Waals surface area (Å²) >= 11 is 0. The van der Waals surface area contributed by atoms with Crippen LogP contribution in [0.25, 0.3) is 0 Å². The van der Waals surface area contributed by atoms with Crippen LogP contribution in [0.4, 0.5) is 0 Å². The molecule has 0 amide bonds. The third-order valence-electron chi connectivity index (χ3n) is 4.20. The van der Waals surface area contributed by atoms with E-state index in [4.69, 9.17) is 4.43 Å².